The van der Waals surface area contributed by atoms with Gasteiger partial charge < -0.3 is 4.74 Å². The summed E-state index contributed by atoms with van der Waals surface area (Å²) in [7, 11) is -4.93. The van der Waals surface area contributed by atoms with E-state index in [1.54, 1.807) is 0 Å². The first kappa shape index (κ1) is 17.9. The molecule has 0 aliphatic rings. The van der Waals surface area contributed by atoms with Gasteiger partial charge in [0.25, 0.3) is 10.1 Å². The predicted molar refractivity (Wildman–Crippen MR) is 67.0 cm³/mol. The predicted octanol–water partition coefficient (Wildman–Crippen LogP) is 2.23. The molecule has 1 N–H and O–H groups in total. The highest BCUT2D eigenvalue weighted by Crippen LogP contribution is 2.37. The molecule has 12 heteroatoms. The number of alkyl halides is 6. The van der Waals surface area contributed by atoms with E-state index in [0.717, 1.165) is 0 Å². The van der Waals surface area contributed by atoms with Gasteiger partial charge in [0.15, 0.2) is 0 Å². The van der Waals surface area contributed by atoms with Crippen molar-refractivity contribution in [3.05, 3.63) is 0 Å². The molecule has 0 aliphatic heterocycles. The van der Waals surface area contributed by atoms with Crippen LogP contribution in [0, 0.1) is 0 Å². The van der Waals surface area contributed by atoms with E-state index in [1.807, 2.05) is 0 Å². The van der Waals surface area contributed by atoms with Gasteiger partial charge >= 0.3 is 12.1 Å². The van der Waals surface area contributed by atoms with E-state index < -0.39 is 35.4 Å². The quantitative estimate of drug-likeness (QED) is 0.267. The SMILES string of the molecule is O=C(OC(CS(=O)(=O)O)C(F)(F)F)C(Br)(Br)I. The molecule has 0 radical (unpaired) electrons. The Hall–Kier alpha value is 0.860. The summed E-state index contributed by atoms with van der Waals surface area (Å²) in [6, 6.07) is 0. The highest BCUT2D eigenvalue weighted by molar-refractivity contribution is 14.1. The first-order valence-corrected chi connectivity index (χ1v) is 7.80. The Balaban J connectivity index is 4.94. The van der Waals surface area contributed by atoms with Gasteiger partial charge in [-0.05, 0) is 54.5 Å². The van der Waals surface area contributed by atoms with Crippen LogP contribution in [0.5, 0.6) is 0 Å². The molecule has 102 valence electrons. The lowest BCUT2D eigenvalue weighted by molar-refractivity contribution is -0.214. The Bertz CT molecular complexity index is 389. The molecule has 0 spiro atoms. The molecule has 1 atom stereocenters. The maximum absolute atomic E-state index is 12.3. The van der Waals surface area contributed by atoms with Crippen molar-refractivity contribution in [1.29, 1.82) is 0 Å². The molecule has 0 aromatic heterocycles. The Kier molecular flexibility index (Phi) is 6.18. The van der Waals surface area contributed by atoms with Crippen LogP contribution < -0.4 is 0 Å². The zero-order valence-electron chi connectivity index (χ0n) is 7.54. The third-order valence-electron chi connectivity index (χ3n) is 1.21. The van der Waals surface area contributed by atoms with Gasteiger partial charge in [-0.25, -0.2) is 4.79 Å². The van der Waals surface area contributed by atoms with Crippen LogP contribution in [0.2, 0.25) is 0 Å². The molecule has 0 aromatic carbocycles. The molecule has 17 heavy (non-hydrogen) atoms. The first-order valence-electron chi connectivity index (χ1n) is 3.53. The molecular weight excluding hydrogens is 516 g/mol. The van der Waals surface area contributed by atoms with Crippen molar-refractivity contribution in [3.63, 3.8) is 0 Å². The fourth-order valence-corrected chi connectivity index (χ4v) is 1.54. The van der Waals surface area contributed by atoms with Gasteiger partial charge in [0.05, 0.1) is 0 Å². The monoisotopic (exact) mass is 518 g/mol. The molecule has 1 unspecified atom stereocenters. The number of hydrogen-bond donors (Lipinski definition) is 1. The number of hydrogen-bond acceptors (Lipinski definition) is 4. The molecule has 0 saturated heterocycles. The second-order valence-corrected chi connectivity index (χ2v) is 12.2. The van der Waals surface area contributed by atoms with E-state index in [2.05, 4.69) is 36.6 Å². The summed E-state index contributed by atoms with van der Waals surface area (Å²) in [6.07, 6.45) is -8.04. The number of carbonyl (C=O) groups excluding carboxylic acids is 1. The van der Waals surface area contributed by atoms with E-state index in [1.165, 1.54) is 22.6 Å². The molecule has 5 nitrogen and oxygen atoms in total. The van der Waals surface area contributed by atoms with Crippen LogP contribution in [-0.2, 0) is 19.6 Å². The second kappa shape index (κ2) is 5.88. The summed E-state index contributed by atoms with van der Waals surface area (Å²) in [5, 5.41) is 0. The zero-order chi connectivity index (χ0) is 14.1. The fraction of sp³-hybridized carbons (Fsp3) is 0.800. The van der Waals surface area contributed by atoms with Gasteiger partial charge in [-0.15, -0.1) is 0 Å². The van der Waals surface area contributed by atoms with Crippen LogP contribution in [0.15, 0.2) is 0 Å². The van der Waals surface area contributed by atoms with Crippen molar-refractivity contribution in [3.8, 4) is 0 Å². The lowest BCUT2D eigenvalue weighted by Crippen LogP contribution is -2.41. The summed E-state index contributed by atoms with van der Waals surface area (Å²) in [4.78, 5) is 11.1. The minimum atomic E-state index is -5.10. The smallest absolute Gasteiger partial charge is 0.426 e. The Morgan fingerprint density at radius 1 is 1.41 bits per heavy atom. The number of carbonyl (C=O) groups is 1. The van der Waals surface area contributed by atoms with Crippen molar-refractivity contribution in [2.24, 2.45) is 0 Å². The van der Waals surface area contributed by atoms with Gasteiger partial charge in [-0.2, -0.15) is 21.6 Å². The van der Waals surface area contributed by atoms with Gasteiger partial charge in [-0.1, -0.05) is 0 Å². The minimum absolute atomic E-state index is 1.38. The molecule has 0 bridgehead atoms. The minimum Gasteiger partial charge on any atom is -0.449 e. The Labute approximate surface area is 125 Å². The zero-order valence-corrected chi connectivity index (χ0v) is 13.7. The molecule has 0 fully saturated rings. The van der Waals surface area contributed by atoms with Crippen LogP contribution in [0.25, 0.3) is 0 Å². The van der Waals surface area contributed by atoms with Crippen molar-refractivity contribution in [2.75, 3.05) is 5.75 Å². The van der Waals surface area contributed by atoms with E-state index in [9.17, 15) is 26.4 Å². The van der Waals surface area contributed by atoms with Crippen LogP contribution >= 0.6 is 54.5 Å². The summed E-state index contributed by atoms with van der Waals surface area (Å²) < 4.78 is 68.3. The third kappa shape index (κ3) is 7.79. The van der Waals surface area contributed by atoms with Crippen molar-refractivity contribution >= 4 is 70.5 Å². The second-order valence-electron chi connectivity index (χ2n) is 2.68. The lowest BCUT2D eigenvalue weighted by atomic mass is 10.4. The van der Waals surface area contributed by atoms with Crippen LogP contribution in [0.3, 0.4) is 0 Å². The summed E-state index contributed by atoms with van der Waals surface area (Å²) in [5.74, 6) is -3.14. The standard InChI is InChI=1S/C5H4Br2F3IO5S/c6-4(7,11)3(12)16-2(5(8,9)10)1-17(13,14)15/h2H,1H2,(H,13,14,15). The van der Waals surface area contributed by atoms with Gasteiger partial charge in [-0.3, -0.25) is 4.55 Å². The van der Waals surface area contributed by atoms with Crippen LogP contribution in [-0.4, -0.2) is 38.2 Å². The van der Waals surface area contributed by atoms with Gasteiger partial charge in [0.2, 0.25) is 7.34 Å². The Morgan fingerprint density at radius 3 is 2.06 bits per heavy atom. The highest BCUT2D eigenvalue weighted by Gasteiger charge is 2.47. The molecule has 0 aliphatic carbocycles. The third-order valence-corrected chi connectivity index (χ3v) is 3.02. The van der Waals surface area contributed by atoms with Crippen molar-refractivity contribution < 1.29 is 35.7 Å². The summed E-state index contributed by atoms with van der Waals surface area (Å²) >= 11 is 6.72. The summed E-state index contributed by atoms with van der Waals surface area (Å²) in [6.45, 7) is 0. The topological polar surface area (TPSA) is 80.7 Å². The Morgan fingerprint density at radius 2 is 1.82 bits per heavy atom. The molecule has 0 saturated carbocycles. The number of rotatable bonds is 4. The van der Waals surface area contributed by atoms with Gasteiger partial charge in [0.1, 0.15) is 5.75 Å². The molecule has 0 aromatic rings. The average molecular weight is 520 g/mol. The lowest BCUT2D eigenvalue weighted by Gasteiger charge is -2.21. The van der Waals surface area contributed by atoms with Crippen molar-refractivity contribution in [2.45, 2.75) is 13.5 Å². The highest BCUT2D eigenvalue weighted by atomic mass is 127. The molecular formula is C5H4Br2F3IO5S. The maximum atomic E-state index is 12.3. The maximum Gasteiger partial charge on any atom is 0.426 e. The average Bonchev–Trinajstić information content (AvgIpc) is 1.96. The van der Waals surface area contributed by atoms with Gasteiger partial charge in [0, 0.05) is 0 Å². The molecule has 0 amide bonds. The number of esters is 1. The first-order chi connectivity index (χ1) is 7.23. The number of ether oxygens (including phenoxy) is 1. The van der Waals surface area contributed by atoms with E-state index in [0.29, 0.717) is 0 Å². The molecule has 0 heterocycles. The van der Waals surface area contributed by atoms with Crippen LogP contribution in [0.4, 0.5) is 13.2 Å². The van der Waals surface area contributed by atoms with E-state index in [-0.39, 0.29) is 0 Å². The van der Waals surface area contributed by atoms with E-state index in [4.69, 9.17) is 4.55 Å². The number of halogens is 6. The van der Waals surface area contributed by atoms with Crippen LogP contribution in [0.1, 0.15) is 0 Å². The normalized spacial score (nSPS) is 15.5. The molecule has 0 rings (SSSR count). The largest absolute Gasteiger partial charge is 0.449 e. The summed E-state index contributed by atoms with van der Waals surface area (Å²) in [5.41, 5.74) is 0. The fourth-order valence-electron chi connectivity index (χ4n) is 0.583. The van der Waals surface area contributed by atoms with E-state index >= 15 is 0 Å². The van der Waals surface area contributed by atoms with Crippen molar-refractivity contribution in [1.82, 2.24) is 0 Å².